The maximum absolute atomic E-state index is 10.0. The second-order valence-corrected chi connectivity index (χ2v) is 4.21. The van der Waals surface area contributed by atoms with Gasteiger partial charge in [0, 0.05) is 23.3 Å². The first-order valence-corrected chi connectivity index (χ1v) is 6.93. The third kappa shape index (κ3) is 24.1. The number of carboxylic acid groups (broad SMARTS) is 4. The number of rotatable bonds is 6. The number of allylic oxidation sites excluding steroid dienone is 2. The molecule has 8 heteroatoms. The summed E-state index contributed by atoms with van der Waals surface area (Å²) in [6.07, 6.45) is 6.06. The number of hydrogen-bond donors (Lipinski definition) is 4. The molecule has 136 valence electrons. The van der Waals surface area contributed by atoms with Crippen molar-refractivity contribution >= 4 is 23.9 Å². The molecule has 0 fully saturated rings. The van der Waals surface area contributed by atoms with E-state index in [2.05, 4.69) is 0 Å². The molecule has 0 unspecified atom stereocenters. The normalized spacial score (nSPS) is 10.8. The average Bonchev–Trinajstić information content (AvgIpc) is 2.46. The third-order valence-corrected chi connectivity index (χ3v) is 2.06. The molecular weight excluding hydrogens is 320 g/mol. The van der Waals surface area contributed by atoms with Crippen LogP contribution in [-0.2, 0) is 19.2 Å². The van der Waals surface area contributed by atoms with Gasteiger partial charge >= 0.3 is 23.9 Å². The second kappa shape index (κ2) is 16.5. The highest BCUT2D eigenvalue weighted by Crippen LogP contribution is 1.93. The fraction of sp³-hybridized carbons (Fsp3) is 0.375. The topological polar surface area (TPSA) is 149 Å². The SMILES string of the molecule is CC/C=C(\C)C(=O)O.CC/C=C(\C)C(=O)O.O=C(O)/C=C\C(=O)O. The van der Waals surface area contributed by atoms with Crippen molar-refractivity contribution in [3.8, 4) is 0 Å². The molecule has 0 aliphatic carbocycles. The van der Waals surface area contributed by atoms with Crippen LogP contribution in [-0.4, -0.2) is 44.3 Å². The fourth-order valence-electron chi connectivity index (χ4n) is 0.930. The largest absolute Gasteiger partial charge is 0.478 e. The van der Waals surface area contributed by atoms with Crippen molar-refractivity contribution in [2.45, 2.75) is 40.5 Å². The minimum absolute atomic E-state index is 0.424. The summed E-state index contributed by atoms with van der Waals surface area (Å²) in [4.78, 5) is 39.1. The monoisotopic (exact) mass is 344 g/mol. The molecule has 0 radical (unpaired) electrons. The van der Waals surface area contributed by atoms with Crippen LogP contribution in [0.4, 0.5) is 0 Å². The van der Waals surface area contributed by atoms with E-state index < -0.39 is 23.9 Å². The summed E-state index contributed by atoms with van der Waals surface area (Å²) in [5, 5.41) is 32.1. The maximum atomic E-state index is 10.0. The van der Waals surface area contributed by atoms with E-state index in [-0.39, 0.29) is 0 Å². The average molecular weight is 344 g/mol. The van der Waals surface area contributed by atoms with E-state index in [1.165, 1.54) is 0 Å². The first-order valence-electron chi connectivity index (χ1n) is 6.93. The quantitative estimate of drug-likeness (QED) is 0.537. The van der Waals surface area contributed by atoms with E-state index in [9.17, 15) is 19.2 Å². The highest BCUT2D eigenvalue weighted by Gasteiger charge is 1.95. The molecule has 4 N–H and O–H groups in total. The van der Waals surface area contributed by atoms with Gasteiger partial charge in [0.15, 0.2) is 0 Å². The Morgan fingerprint density at radius 1 is 0.667 bits per heavy atom. The lowest BCUT2D eigenvalue weighted by molar-refractivity contribution is -0.134. The van der Waals surface area contributed by atoms with Gasteiger partial charge in [-0.1, -0.05) is 26.0 Å². The zero-order chi connectivity index (χ0) is 19.7. The molecule has 0 amide bonds. The van der Waals surface area contributed by atoms with Crippen LogP contribution in [0.25, 0.3) is 0 Å². The summed E-state index contributed by atoms with van der Waals surface area (Å²) >= 11 is 0. The Kier molecular flexibility index (Phi) is 17.9. The molecule has 0 rings (SSSR count). The van der Waals surface area contributed by atoms with Crippen LogP contribution in [0.1, 0.15) is 40.5 Å². The van der Waals surface area contributed by atoms with Gasteiger partial charge in [0.05, 0.1) is 0 Å². The maximum Gasteiger partial charge on any atom is 0.330 e. The zero-order valence-corrected chi connectivity index (χ0v) is 14.1. The molecule has 0 heterocycles. The van der Waals surface area contributed by atoms with Crippen molar-refractivity contribution in [2.24, 2.45) is 0 Å². The van der Waals surface area contributed by atoms with Gasteiger partial charge in [0.2, 0.25) is 0 Å². The molecule has 0 bridgehead atoms. The van der Waals surface area contributed by atoms with Crippen molar-refractivity contribution in [1.82, 2.24) is 0 Å². The zero-order valence-electron chi connectivity index (χ0n) is 14.1. The fourth-order valence-corrected chi connectivity index (χ4v) is 0.930. The Morgan fingerprint density at radius 2 is 0.917 bits per heavy atom. The number of carbonyl (C=O) groups is 4. The van der Waals surface area contributed by atoms with Crippen LogP contribution < -0.4 is 0 Å². The highest BCUT2D eigenvalue weighted by atomic mass is 16.4. The molecule has 0 atom stereocenters. The van der Waals surface area contributed by atoms with Crippen LogP contribution in [0.15, 0.2) is 35.5 Å². The van der Waals surface area contributed by atoms with E-state index in [1.807, 2.05) is 13.8 Å². The smallest absolute Gasteiger partial charge is 0.330 e. The predicted octanol–water partition coefficient (Wildman–Crippen LogP) is 2.57. The van der Waals surface area contributed by atoms with Gasteiger partial charge in [-0.25, -0.2) is 19.2 Å². The third-order valence-electron chi connectivity index (χ3n) is 2.06. The molecule has 0 aromatic rings. The minimum Gasteiger partial charge on any atom is -0.478 e. The van der Waals surface area contributed by atoms with Crippen LogP contribution in [0.3, 0.4) is 0 Å². The lowest BCUT2D eigenvalue weighted by Gasteiger charge is -1.87. The molecule has 0 aromatic carbocycles. The van der Waals surface area contributed by atoms with E-state index in [4.69, 9.17) is 20.4 Å². The van der Waals surface area contributed by atoms with Gasteiger partial charge in [-0.05, 0) is 26.7 Å². The van der Waals surface area contributed by atoms with Crippen LogP contribution in [0.2, 0.25) is 0 Å². The number of carboxylic acids is 4. The molecule has 8 nitrogen and oxygen atoms in total. The van der Waals surface area contributed by atoms with Crippen molar-refractivity contribution in [1.29, 1.82) is 0 Å². The lowest BCUT2D eigenvalue weighted by atomic mass is 10.2. The Morgan fingerprint density at radius 3 is 1.00 bits per heavy atom. The summed E-state index contributed by atoms with van der Waals surface area (Å²) in [5.41, 5.74) is 0.847. The van der Waals surface area contributed by atoms with Gasteiger partial charge in [-0.2, -0.15) is 0 Å². The van der Waals surface area contributed by atoms with Gasteiger partial charge in [0.1, 0.15) is 0 Å². The van der Waals surface area contributed by atoms with Gasteiger partial charge in [-0.15, -0.1) is 0 Å². The molecule has 0 aliphatic rings. The van der Waals surface area contributed by atoms with Crippen LogP contribution in [0, 0.1) is 0 Å². The van der Waals surface area contributed by atoms with Crippen molar-refractivity contribution in [3.63, 3.8) is 0 Å². The summed E-state index contributed by atoms with van der Waals surface area (Å²) in [5.74, 6) is -4.17. The van der Waals surface area contributed by atoms with Gasteiger partial charge in [-0.3, -0.25) is 0 Å². The summed E-state index contributed by atoms with van der Waals surface area (Å²) in [7, 11) is 0. The predicted molar refractivity (Wildman–Crippen MR) is 87.8 cm³/mol. The van der Waals surface area contributed by atoms with E-state index in [1.54, 1.807) is 26.0 Å². The van der Waals surface area contributed by atoms with Crippen molar-refractivity contribution in [3.05, 3.63) is 35.5 Å². The molecule has 0 saturated carbocycles. The lowest BCUT2D eigenvalue weighted by Crippen LogP contribution is -1.94. The summed E-state index contributed by atoms with van der Waals surface area (Å²) in [6, 6.07) is 0. The van der Waals surface area contributed by atoms with E-state index in [0.29, 0.717) is 23.3 Å². The van der Waals surface area contributed by atoms with E-state index >= 15 is 0 Å². The van der Waals surface area contributed by atoms with Crippen molar-refractivity contribution < 1.29 is 39.6 Å². The Labute approximate surface area is 140 Å². The first-order chi connectivity index (χ1) is 11.0. The molecular formula is C16H24O8. The van der Waals surface area contributed by atoms with Gasteiger partial charge < -0.3 is 20.4 Å². The van der Waals surface area contributed by atoms with E-state index in [0.717, 1.165) is 12.8 Å². The highest BCUT2D eigenvalue weighted by molar-refractivity contribution is 5.89. The second-order valence-electron chi connectivity index (χ2n) is 4.21. The molecule has 0 aliphatic heterocycles. The Bertz CT molecular complexity index is 466. The Hall–Kier alpha value is -2.90. The molecule has 0 spiro atoms. The van der Waals surface area contributed by atoms with Gasteiger partial charge in [0.25, 0.3) is 0 Å². The molecule has 24 heavy (non-hydrogen) atoms. The van der Waals surface area contributed by atoms with Crippen molar-refractivity contribution in [2.75, 3.05) is 0 Å². The minimum atomic E-state index is -1.26. The molecule has 0 aromatic heterocycles. The summed E-state index contributed by atoms with van der Waals surface area (Å²) in [6.45, 7) is 7.00. The first kappa shape index (κ1) is 26.0. The number of aliphatic carboxylic acids is 4. The standard InChI is InChI=1S/2C6H10O2.C4H4O4/c2*1-3-4-5(2)6(7)8;5-3(6)1-2-4(7)8/h2*4H,3H2,1-2H3,(H,7,8);1-2H,(H,5,6)(H,7,8)/b2*5-4+;2-1-. The number of hydrogen-bond acceptors (Lipinski definition) is 4. The van der Waals surface area contributed by atoms with Crippen LogP contribution in [0.5, 0.6) is 0 Å². The Balaban J connectivity index is -0.000000276. The molecule has 0 saturated heterocycles. The van der Waals surface area contributed by atoms with Crippen LogP contribution >= 0.6 is 0 Å². The summed E-state index contributed by atoms with van der Waals surface area (Å²) < 4.78 is 0.